The van der Waals surface area contributed by atoms with Gasteiger partial charge in [-0.25, -0.2) is 0 Å². The minimum Gasteiger partial charge on any atom is -0.377 e. The molecule has 88 valence electrons. The Kier molecular flexibility index (Phi) is 3.73. The molecule has 2 aromatic rings. The molecule has 0 amide bonds. The van der Waals surface area contributed by atoms with Gasteiger partial charge in [0.15, 0.2) is 0 Å². The zero-order chi connectivity index (χ0) is 12.1. The van der Waals surface area contributed by atoms with Crippen molar-refractivity contribution < 1.29 is 0 Å². The van der Waals surface area contributed by atoms with Crippen molar-refractivity contribution in [1.29, 1.82) is 0 Å². The van der Waals surface area contributed by atoms with Crippen molar-refractivity contribution in [3.8, 4) is 0 Å². The number of aryl methyl sites for hydroxylation is 1. The van der Waals surface area contributed by atoms with E-state index in [0.717, 1.165) is 11.3 Å². The molecule has 3 N–H and O–H groups in total. The minimum absolute atomic E-state index is 0.125. The van der Waals surface area contributed by atoms with Crippen LogP contribution in [0.4, 0.5) is 5.69 Å². The fraction of sp³-hybridized carbons (Fsp3) is 0.214. The van der Waals surface area contributed by atoms with Crippen LogP contribution in [0.5, 0.6) is 0 Å². The van der Waals surface area contributed by atoms with Crippen LogP contribution in [0.25, 0.3) is 0 Å². The molecule has 0 aliphatic carbocycles. The molecule has 2 rings (SSSR count). The number of nitrogens with one attached hydrogen (secondary N) is 1. The average molecular weight is 227 g/mol. The smallest absolute Gasteiger partial charge is 0.0637 e. The van der Waals surface area contributed by atoms with Crippen LogP contribution in [-0.2, 0) is 0 Å². The van der Waals surface area contributed by atoms with Gasteiger partial charge in [-0.15, -0.1) is 0 Å². The van der Waals surface area contributed by atoms with E-state index in [1.54, 1.807) is 12.4 Å². The number of aromatic nitrogens is 1. The molecule has 1 aromatic heterocycles. The Morgan fingerprint density at radius 3 is 2.65 bits per heavy atom. The molecule has 0 aliphatic rings. The molecule has 3 nitrogen and oxygen atoms in total. The van der Waals surface area contributed by atoms with E-state index >= 15 is 0 Å². The highest BCUT2D eigenvalue weighted by atomic mass is 14.9. The first-order chi connectivity index (χ1) is 8.29. The van der Waals surface area contributed by atoms with Gasteiger partial charge in [0, 0.05) is 24.6 Å². The maximum Gasteiger partial charge on any atom is 0.0637 e. The second-order valence-corrected chi connectivity index (χ2v) is 4.08. The molecule has 1 heterocycles. The summed E-state index contributed by atoms with van der Waals surface area (Å²) in [6, 6.07) is 12.4. The van der Waals surface area contributed by atoms with E-state index in [4.69, 9.17) is 5.73 Å². The lowest BCUT2D eigenvalue weighted by Gasteiger charge is -2.18. The molecule has 1 aromatic carbocycles. The Hall–Kier alpha value is -1.87. The number of pyridine rings is 1. The first-order valence-electron chi connectivity index (χ1n) is 5.73. The first-order valence-corrected chi connectivity index (χ1v) is 5.73. The van der Waals surface area contributed by atoms with Crippen LogP contribution in [0, 0.1) is 6.92 Å². The van der Waals surface area contributed by atoms with E-state index in [2.05, 4.69) is 35.4 Å². The van der Waals surface area contributed by atoms with Crippen LogP contribution in [0.2, 0.25) is 0 Å². The standard InChI is InChI=1S/C14H17N3/c1-11-3-2-4-13(9-11)17-14(10-15)12-5-7-16-8-6-12/h2-9,14,17H,10,15H2,1H3. The number of hydrogen-bond donors (Lipinski definition) is 2. The molecular formula is C14H17N3. The number of nitrogens with zero attached hydrogens (tertiary/aromatic N) is 1. The summed E-state index contributed by atoms with van der Waals surface area (Å²) in [7, 11) is 0. The van der Waals surface area contributed by atoms with E-state index in [1.165, 1.54) is 5.56 Å². The second-order valence-electron chi connectivity index (χ2n) is 4.08. The molecule has 17 heavy (non-hydrogen) atoms. The van der Waals surface area contributed by atoms with Gasteiger partial charge in [0.2, 0.25) is 0 Å². The molecule has 0 spiro atoms. The number of rotatable bonds is 4. The molecule has 0 radical (unpaired) electrons. The highest BCUT2D eigenvalue weighted by molar-refractivity contribution is 5.47. The van der Waals surface area contributed by atoms with Crippen LogP contribution < -0.4 is 11.1 Å². The Bertz CT molecular complexity index is 468. The fourth-order valence-electron chi connectivity index (χ4n) is 1.81. The zero-order valence-electron chi connectivity index (χ0n) is 9.93. The molecule has 0 bridgehead atoms. The van der Waals surface area contributed by atoms with Gasteiger partial charge in [0.25, 0.3) is 0 Å². The Morgan fingerprint density at radius 1 is 1.24 bits per heavy atom. The van der Waals surface area contributed by atoms with Crippen LogP contribution in [-0.4, -0.2) is 11.5 Å². The van der Waals surface area contributed by atoms with E-state index in [9.17, 15) is 0 Å². The van der Waals surface area contributed by atoms with Crippen LogP contribution in [0.3, 0.4) is 0 Å². The summed E-state index contributed by atoms with van der Waals surface area (Å²) in [4.78, 5) is 4.01. The average Bonchev–Trinajstić information content (AvgIpc) is 2.37. The van der Waals surface area contributed by atoms with Gasteiger partial charge >= 0.3 is 0 Å². The Morgan fingerprint density at radius 2 is 2.00 bits per heavy atom. The van der Waals surface area contributed by atoms with Crippen LogP contribution in [0.15, 0.2) is 48.8 Å². The largest absolute Gasteiger partial charge is 0.377 e. The van der Waals surface area contributed by atoms with Gasteiger partial charge in [-0.1, -0.05) is 12.1 Å². The third-order valence-electron chi connectivity index (χ3n) is 2.70. The van der Waals surface area contributed by atoms with Crippen molar-refractivity contribution in [3.63, 3.8) is 0 Å². The summed E-state index contributed by atoms with van der Waals surface area (Å²) in [5.74, 6) is 0. The highest BCUT2D eigenvalue weighted by Crippen LogP contribution is 2.18. The highest BCUT2D eigenvalue weighted by Gasteiger charge is 2.08. The zero-order valence-corrected chi connectivity index (χ0v) is 9.93. The lowest BCUT2D eigenvalue weighted by Crippen LogP contribution is -2.20. The first kappa shape index (κ1) is 11.6. The lowest BCUT2D eigenvalue weighted by atomic mass is 10.1. The van der Waals surface area contributed by atoms with Crippen molar-refractivity contribution in [1.82, 2.24) is 4.98 Å². The third kappa shape index (κ3) is 3.04. The van der Waals surface area contributed by atoms with Crippen molar-refractivity contribution >= 4 is 5.69 Å². The molecule has 1 unspecified atom stereocenters. The Labute approximate surface area is 102 Å². The monoisotopic (exact) mass is 227 g/mol. The van der Waals surface area contributed by atoms with Gasteiger partial charge in [-0.2, -0.15) is 0 Å². The third-order valence-corrected chi connectivity index (χ3v) is 2.70. The lowest BCUT2D eigenvalue weighted by molar-refractivity contribution is 0.788. The molecule has 3 heteroatoms. The molecular weight excluding hydrogens is 210 g/mol. The number of benzene rings is 1. The van der Waals surface area contributed by atoms with Crippen molar-refractivity contribution in [3.05, 3.63) is 59.9 Å². The van der Waals surface area contributed by atoms with Crippen LogP contribution >= 0.6 is 0 Å². The summed E-state index contributed by atoms with van der Waals surface area (Å²) < 4.78 is 0. The van der Waals surface area contributed by atoms with Crippen molar-refractivity contribution in [2.24, 2.45) is 5.73 Å². The summed E-state index contributed by atoms with van der Waals surface area (Å²) in [6.07, 6.45) is 3.58. The fourth-order valence-corrected chi connectivity index (χ4v) is 1.81. The molecule has 0 saturated carbocycles. The van der Waals surface area contributed by atoms with Gasteiger partial charge in [-0.3, -0.25) is 4.98 Å². The van der Waals surface area contributed by atoms with E-state index < -0.39 is 0 Å². The van der Waals surface area contributed by atoms with Crippen molar-refractivity contribution in [2.45, 2.75) is 13.0 Å². The number of hydrogen-bond acceptors (Lipinski definition) is 3. The number of anilines is 1. The summed E-state index contributed by atoms with van der Waals surface area (Å²) in [5.41, 5.74) is 9.30. The summed E-state index contributed by atoms with van der Waals surface area (Å²) in [6.45, 7) is 2.63. The maximum absolute atomic E-state index is 5.81. The SMILES string of the molecule is Cc1cccc(NC(CN)c2ccncc2)c1. The molecule has 0 fully saturated rings. The number of nitrogens with two attached hydrogens (primary N) is 1. The van der Waals surface area contributed by atoms with Gasteiger partial charge in [-0.05, 0) is 42.3 Å². The Balaban J connectivity index is 2.16. The molecule has 1 atom stereocenters. The quantitative estimate of drug-likeness (QED) is 0.843. The minimum atomic E-state index is 0.125. The van der Waals surface area contributed by atoms with Gasteiger partial charge in [0.05, 0.1) is 6.04 Å². The normalized spacial score (nSPS) is 12.1. The predicted molar refractivity (Wildman–Crippen MR) is 70.8 cm³/mol. The maximum atomic E-state index is 5.81. The van der Waals surface area contributed by atoms with Crippen molar-refractivity contribution in [2.75, 3.05) is 11.9 Å². The summed E-state index contributed by atoms with van der Waals surface area (Å²) >= 11 is 0. The van der Waals surface area contributed by atoms with E-state index in [1.807, 2.05) is 18.2 Å². The second kappa shape index (κ2) is 5.46. The van der Waals surface area contributed by atoms with Crippen LogP contribution in [0.1, 0.15) is 17.2 Å². The van der Waals surface area contributed by atoms with Gasteiger partial charge < -0.3 is 11.1 Å². The van der Waals surface area contributed by atoms with E-state index in [-0.39, 0.29) is 6.04 Å². The van der Waals surface area contributed by atoms with Gasteiger partial charge in [0.1, 0.15) is 0 Å². The topological polar surface area (TPSA) is 50.9 Å². The van der Waals surface area contributed by atoms with E-state index in [0.29, 0.717) is 6.54 Å². The molecule has 0 aliphatic heterocycles. The molecule has 0 saturated heterocycles. The predicted octanol–water partition coefficient (Wildman–Crippen LogP) is 2.50. The summed E-state index contributed by atoms with van der Waals surface area (Å²) in [5, 5.41) is 3.43.